The predicted octanol–water partition coefficient (Wildman–Crippen LogP) is -0.674. The van der Waals surface area contributed by atoms with E-state index < -0.39 is 14.2 Å². The van der Waals surface area contributed by atoms with Crippen LogP contribution < -0.4 is 9.25 Å². The maximum absolute atomic E-state index is 11.3. The zero-order valence-corrected chi connectivity index (χ0v) is 11.4. The molecule has 0 unspecified atom stereocenters. The topological polar surface area (TPSA) is 98.1 Å². The van der Waals surface area contributed by atoms with Gasteiger partial charge in [0.2, 0.25) is 0 Å². The normalized spacial score (nSPS) is 11.3. The van der Waals surface area contributed by atoms with Crippen LogP contribution in [0, 0.1) is 0 Å². The van der Waals surface area contributed by atoms with E-state index in [1.165, 1.54) is 17.9 Å². The second-order valence-electron chi connectivity index (χ2n) is 3.48. The van der Waals surface area contributed by atoms with Crippen molar-refractivity contribution >= 4 is 30.1 Å². The molecule has 1 rings (SSSR count). The number of carbonyl (C=O) groups excluding carboxylic acids is 1. The average Bonchev–Trinajstić information content (AvgIpc) is 2.19. The number of anilines is 1. The summed E-state index contributed by atoms with van der Waals surface area (Å²) in [4.78, 5) is 12.6. The summed E-state index contributed by atoms with van der Waals surface area (Å²) < 4.78 is 29.1. The quantitative estimate of drug-likeness (QED) is 0.643. The summed E-state index contributed by atoms with van der Waals surface area (Å²) >= 11 is -5.02. The van der Waals surface area contributed by atoms with Gasteiger partial charge in [-0.1, -0.05) is 0 Å². The molecule has 17 heavy (non-hydrogen) atoms. The minimum absolute atomic E-state index is 0.113. The van der Waals surface area contributed by atoms with E-state index in [9.17, 15) is 13.6 Å². The van der Waals surface area contributed by atoms with Gasteiger partial charge in [0, 0.05) is 0 Å². The van der Waals surface area contributed by atoms with Crippen LogP contribution in [0.2, 0.25) is 0 Å². The van der Waals surface area contributed by atoms with Crippen molar-refractivity contribution in [2.24, 2.45) is 0 Å². The van der Waals surface area contributed by atoms with E-state index in [0.29, 0.717) is 6.54 Å². The van der Waals surface area contributed by atoms with Crippen LogP contribution >= 0.6 is 0 Å². The van der Waals surface area contributed by atoms with Gasteiger partial charge in [-0.2, -0.15) is 0 Å². The Balaban J connectivity index is 3.32. The third-order valence-electron chi connectivity index (χ3n) is 2.28. The van der Waals surface area contributed by atoms with Crippen molar-refractivity contribution in [3.8, 4) is 5.75 Å². The van der Waals surface area contributed by atoms with E-state index in [2.05, 4.69) is 0 Å². The molecule has 0 aliphatic carbocycles. The van der Waals surface area contributed by atoms with Crippen molar-refractivity contribution < 1.29 is 21.8 Å². The number of aromatic hydroxyl groups is 1. The molecule has 0 radical (unpaired) electrons. The first-order chi connectivity index (χ1) is 7.77. The number of phenolic OH excluding ortho intramolecular Hbond substituents is 1. The van der Waals surface area contributed by atoms with Crippen molar-refractivity contribution in [3.05, 3.63) is 18.2 Å². The van der Waals surface area contributed by atoms with Gasteiger partial charge < -0.3 is 0 Å². The fourth-order valence-corrected chi connectivity index (χ4v) is 2.65. The summed E-state index contributed by atoms with van der Waals surface area (Å²) in [6, 6.07) is 3.49. The fraction of sp³-hybridized carbons (Fsp3) is 0.300. The molecule has 0 saturated carbocycles. The van der Waals surface area contributed by atoms with E-state index in [4.69, 9.17) is 8.19 Å². The molecular weight excluding hydrogens is 289 g/mol. The number of rotatable bonds is 3. The van der Waals surface area contributed by atoms with Gasteiger partial charge in [0.15, 0.2) is 0 Å². The van der Waals surface area contributed by atoms with Crippen molar-refractivity contribution in [2.75, 3.05) is 11.4 Å². The zero-order valence-electron chi connectivity index (χ0n) is 9.49. The number of nitrogens with zero attached hydrogens (tertiary/aromatic N) is 1. The molecule has 1 aromatic carbocycles. The Hall–Kier alpha value is -1.23. The third kappa shape index (κ3) is 3.12. The van der Waals surface area contributed by atoms with Crippen LogP contribution in [0.3, 0.4) is 0 Å². The average molecular weight is 303 g/mol. The molecule has 3 N–H and O–H groups in total. The summed E-state index contributed by atoms with van der Waals surface area (Å²) in [6.07, 6.45) is 0. The third-order valence-corrected chi connectivity index (χ3v) is 4.28. The second-order valence-corrected chi connectivity index (χ2v) is 6.85. The standard InChI is InChI=1S/C10H14AsNO5/c1-3-12(7(2)13)9-6-8(11(15,16)17)4-5-10(9)14/h4-6,14H,3H2,1-2H3,(H2,15,16,17). The van der Waals surface area contributed by atoms with E-state index in [1.54, 1.807) is 6.92 Å². The first kappa shape index (κ1) is 13.8. The van der Waals surface area contributed by atoms with E-state index in [-0.39, 0.29) is 21.7 Å². The Morgan fingerprint density at radius 2 is 2.00 bits per heavy atom. The second kappa shape index (κ2) is 4.96. The van der Waals surface area contributed by atoms with Crippen LogP contribution in [0.25, 0.3) is 0 Å². The van der Waals surface area contributed by atoms with Crippen LogP contribution in [0.1, 0.15) is 13.8 Å². The molecule has 0 saturated heterocycles. The van der Waals surface area contributed by atoms with E-state index in [1.807, 2.05) is 0 Å². The first-order valence-corrected chi connectivity index (χ1v) is 8.33. The van der Waals surface area contributed by atoms with Crippen LogP contribution in [0.5, 0.6) is 5.75 Å². The first-order valence-electron chi connectivity index (χ1n) is 4.94. The van der Waals surface area contributed by atoms with E-state index in [0.717, 1.165) is 12.1 Å². The molecule has 1 aromatic rings. The van der Waals surface area contributed by atoms with Crippen molar-refractivity contribution in [3.63, 3.8) is 0 Å². The van der Waals surface area contributed by atoms with Gasteiger partial charge in [-0.05, 0) is 0 Å². The van der Waals surface area contributed by atoms with Gasteiger partial charge in [-0.15, -0.1) is 0 Å². The Morgan fingerprint density at radius 3 is 2.41 bits per heavy atom. The zero-order chi connectivity index (χ0) is 13.2. The summed E-state index contributed by atoms with van der Waals surface area (Å²) in [5, 5.41) is 9.61. The Labute approximate surface area is 101 Å². The molecule has 0 fully saturated rings. The van der Waals surface area contributed by atoms with E-state index >= 15 is 0 Å². The molecule has 0 atom stereocenters. The Morgan fingerprint density at radius 1 is 1.41 bits per heavy atom. The van der Waals surface area contributed by atoms with Gasteiger partial charge in [-0.3, -0.25) is 0 Å². The summed E-state index contributed by atoms with van der Waals surface area (Å²) in [5.41, 5.74) is 0.113. The fourth-order valence-electron chi connectivity index (χ4n) is 1.47. The van der Waals surface area contributed by atoms with Gasteiger partial charge in [0.25, 0.3) is 0 Å². The number of carbonyl (C=O) groups is 1. The molecule has 94 valence electrons. The SMILES string of the molecule is CCN(C(C)=O)c1cc([As](=O)(O)O)ccc1O. The molecule has 0 aromatic heterocycles. The molecule has 6 nitrogen and oxygen atoms in total. The molecule has 7 heteroatoms. The van der Waals surface area contributed by atoms with Crippen LogP contribution in [-0.2, 0) is 8.53 Å². The maximum atomic E-state index is 11.3. The minimum atomic E-state index is -5.02. The number of benzene rings is 1. The Kier molecular flexibility index (Phi) is 4.03. The summed E-state index contributed by atoms with van der Waals surface area (Å²) in [6.45, 7) is 3.33. The van der Waals surface area contributed by atoms with Crippen molar-refractivity contribution in [1.29, 1.82) is 0 Å². The van der Waals surface area contributed by atoms with Crippen LogP contribution in [0.4, 0.5) is 5.69 Å². The number of hydrogen-bond acceptors (Lipinski definition) is 3. The number of phenols is 1. The molecular formula is C10H14AsNO5. The van der Waals surface area contributed by atoms with Crippen molar-refractivity contribution in [1.82, 2.24) is 0 Å². The molecule has 0 aliphatic heterocycles. The Bertz CT molecular complexity index is 482. The monoisotopic (exact) mass is 303 g/mol. The van der Waals surface area contributed by atoms with Crippen molar-refractivity contribution in [2.45, 2.75) is 13.8 Å². The predicted molar refractivity (Wildman–Crippen MR) is 62.3 cm³/mol. The van der Waals surface area contributed by atoms with Gasteiger partial charge in [0.1, 0.15) is 0 Å². The molecule has 0 bridgehead atoms. The summed E-state index contributed by atoms with van der Waals surface area (Å²) in [5.74, 6) is -0.493. The van der Waals surface area contributed by atoms with Crippen LogP contribution in [0.15, 0.2) is 18.2 Å². The summed E-state index contributed by atoms with van der Waals surface area (Å²) in [7, 11) is 0. The molecule has 0 heterocycles. The number of amides is 1. The molecule has 0 aliphatic rings. The van der Waals surface area contributed by atoms with Gasteiger partial charge in [-0.25, -0.2) is 0 Å². The van der Waals surface area contributed by atoms with Crippen LogP contribution in [-0.4, -0.2) is 39.9 Å². The molecule has 0 spiro atoms. The molecule has 1 amide bonds. The van der Waals surface area contributed by atoms with Gasteiger partial charge in [0.05, 0.1) is 0 Å². The van der Waals surface area contributed by atoms with Gasteiger partial charge >= 0.3 is 101 Å². The number of hydrogen-bond donors (Lipinski definition) is 3.